The van der Waals surface area contributed by atoms with Crippen molar-refractivity contribution in [3.8, 4) is 11.1 Å². The third-order valence-corrected chi connectivity index (χ3v) is 6.55. The zero-order valence-electron chi connectivity index (χ0n) is 15.5. The van der Waals surface area contributed by atoms with Crippen LogP contribution >= 0.6 is 0 Å². The highest BCUT2D eigenvalue weighted by atomic mass is 32.2. The van der Waals surface area contributed by atoms with E-state index in [-0.39, 0.29) is 11.4 Å². The zero-order valence-corrected chi connectivity index (χ0v) is 16.3. The van der Waals surface area contributed by atoms with E-state index in [1.165, 1.54) is 24.3 Å². The molecule has 1 aliphatic heterocycles. The highest BCUT2D eigenvalue weighted by Crippen LogP contribution is 2.42. The van der Waals surface area contributed by atoms with Gasteiger partial charge in [0.05, 0.1) is 16.9 Å². The molecule has 3 aromatic rings. The van der Waals surface area contributed by atoms with Crippen LogP contribution in [0.15, 0.2) is 66.1 Å². The summed E-state index contributed by atoms with van der Waals surface area (Å²) in [6.07, 6.45) is 5.88. The number of fused-ring (bicyclic) bond motifs is 3. The van der Waals surface area contributed by atoms with Crippen molar-refractivity contribution in [1.29, 1.82) is 0 Å². The molecule has 0 atom stereocenters. The molecule has 0 saturated heterocycles. The maximum Gasteiger partial charge on any atom is 0.265 e. The molecule has 0 aliphatic carbocycles. The fourth-order valence-corrected chi connectivity index (χ4v) is 5.02. The normalized spacial score (nSPS) is 14.2. The molecule has 0 radical (unpaired) electrons. The number of hydrogen-bond acceptors (Lipinski definition) is 4. The van der Waals surface area contributed by atoms with Gasteiger partial charge in [-0.3, -0.25) is 9.10 Å². The molecule has 29 heavy (non-hydrogen) atoms. The van der Waals surface area contributed by atoms with Crippen molar-refractivity contribution in [1.82, 2.24) is 14.9 Å². The molecule has 1 amide bonds. The van der Waals surface area contributed by atoms with Crippen LogP contribution in [0, 0.1) is 5.82 Å². The summed E-state index contributed by atoms with van der Waals surface area (Å²) in [5.74, 6) is -0.893. The minimum Gasteiger partial charge on any atom is -0.354 e. The molecule has 0 bridgehead atoms. The highest BCUT2D eigenvalue weighted by Gasteiger charge is 2.35. The van der Waals surface area contributed by atoms with Gasteiger partial charge in [-0.2, -0.15) is 0 Å². The SMILES string of the molecule is O=C(CN1c2ccc(F)cc2-c2ccccc2S1(=O)=O)NCCCn1ccnc1. The minimum absolute atomic E-state index is 0.0611. The summed E-state index contributed by atoms with van der Waals surface area (Å²) >= 11 is 0. The fraction of sp³-hybridized carbons (Fsp3) is 0.200. The van der Waals surface area contributed by atoms with Crippen molar-refractivity contribution in [2.75, 3.05) is 17.4 Å². The van der Waals surface area contributed by atoms with Crippen molar-refractivity contribution in [2.45, 2.75) is 17.9 Å². The summed E-state index contributed by atoms with van der Waals surface area (Å²) in [6, 6.07) is 10.3. The van der Waals surface area contributed by atoms with E-state index < -0.39 is 21.7 Å². The van der Waals surface area contributed by atoms with Gasteiger partial charge in [0.2, 0.25) is 5.91 Å². The van der Waals surface area contributed by atoms with Crippen LogP contribution in [-0.4, -0.2) is 37.0 Å². The number of aryl methyl sites for hydroxylation is 1. The Kier molecular flexibility index (Phi) is 5.06. The van der Waals surface area contributed by atoms with Gasteiger partial charge in [0.25, 0.3) is 10.0 Å². The van der Waals surface area contributed by atoms with Gasteiger partial charge in [-0.15, -0.1) is 0 Å². The lowest BCUT2D eigenvalue weighted by Gasteiger charge is -2.31. The van der Waals surface area contributed by atoms with E-state index in [0.717, 1.165) is 4.31 Å². The fourth-order valence-electron chi connectivity index (χ4n) is 3.37. The number of imidazole rings is 1. The molecule has 0 spiro atoms. The summed E-state index contributed by atoms with van der Waals surface area (Å²) in [5, 5.41) is 2.74. The first-order valence-electron chi connectivity index (χ1n) is 9.11. The Morgan fingerprint density at radius 1 is 1.14 bits per heavy atom. The molecule has 2 aromatic carbocycles. The molecule has 1 N–H and O–H groups in total. The number of benzene rings is 2. The summed E-state index contributed by atoms with van der Waals surface area (Å²) < 4.78 is 43.0. The Morgan fingerprint density at radius 2 is 1.97 bits per heavy atom. The van der Waals surface area contributed by atoms with Crippen LogP contribution in [0.1, 0.15) is 6.42 Å². The number of carbonyl (C=O) groups is 1. The topological polar surface area (TPSA) is 84.3 Å². The first kappa shape index (κ1) is 19.1. The molecule has 9 heteroatoms. The van der Waals surface area contributed by atoms with Crippen LogP contribution in [0.2, 0.25) is 0 Å². The summed E-state index contributed by atoms with van der Waals surface area (Å²) in [4.78, 5) is 16.5. The predicted molar refractivity (Wildman–Crippen MR) is 106 cm³/mol. The summed E-state index contributed by atoms with van der Waals surface area (Å²) in [6.45, 7) is 0.718. The predicted octanol–water partition coefficient (Wildman–Crippen LogP) is 2.40. The lowest BCUT2D eigenvalue weighted by molar-refractivity contribution is -0.119. The van der Waals surface area contributed by atoms with E-state index in [1.54, 1.807) is 30.7 Å². The zero-order chi connectivity index (χ0) is 20.4. The smallest absolute Gasteiger partial charge is 0.265 e. The molecule has 150 valence electrons. The Hall–Kier alpha value is -3.20. The number of rotatable bonds is 6. The molecule has 1 aliphatic rings. The van der Waals surface area contributed by atoms with Gasteiger partial charge in [-0.25, -0.2) is 17.8 Å². The average Bonchev–Trinajstić information content (AvgIpc) is 3.22. The largest absolute Gasteiger partial charge is 0.354 e. The van der Waals surface area contributed by atoms with Gasteiger partial charge in [0.1, 0.15) is 12.4 Å². The monoisotopic (exact) mass is 414 g/mol. The van der Waals surface area contributed by atoms with Gasteiger partial charge in [-0.05, 0) is 30.7 Å². The van der Waals surface area contributed by atoms with Crippen LogP contribution < -0.4 is 9.62 Å². The molecule has 7 nitrogen and oxygen atoms in total. The quantitative estimate of drug-likeness (QED) is 0.628. The molecular formula is C20H19FN4O3S. The maximum absolute atomic E-state index is 13.8. The van der Waals surface area contributed by atoms with Gasteiger partial charge < -0.3 is 9.88 Å². The van der Waals surface area contributed by atoms with E-state index in [2.05, 4.69) is 10.3 Å². The van der Waals surface area contributed by atoms with E-state index in [4.69, 9.17) is 0 Å². The number of hydrogen-bond donors (Lipinski definition) is 1. The van der Waals surface area contributed by atoms with Gasteiger partial charge in [-0.1, -0.05) is 18.2 Å². The van der Waals surface area contributed by atoms with E-state index in [1.807, 2.05) is 10.8 Å². The minimum atomic E-state index is -3.93. The first-order chi connectivity index (χ1) is 14.0. The van der Waals surface area contributed by atoms with E-state index in [9.17, 15) is 17.6 Å². The van der Waals surface area contributed by atoms with E-state index >= 15 is 0 Å². The second kappa shape index (κ2) is 7.67. The number of amides is 1. The third-order valence-electron chi connectivity index (χ3n) is 4.73. The summed E-state index contributed by atoms with van der Waals surface area (Å²) in [7, 11) is -3.93. The number of carbonyl (C=O) groups excluding carboxylic acids is 1. The number of sulfonamides is 1. The van der Waals surface area contributed by atoms with Crippen molar-refractivity contribution in [3.05, 3.63) is 67.0 Å². The number of anilines is 1. The van der Waals surface area contributed by atoms with Crippen molar-refractivity contribution in [3.63, 3.8) is 0 Å². The van der Waals surface area contributed by atoms with Crippen molar-refractivity contribution >= 4 is 21.6 Å². The van der Waals surface area contributed by atoms with Crippen LogP contribution in [0.4, 0.5) is 10.1 Å². The van der Waals surface area contributed by atoms with Crippen LogP contribution in [-0.2, 0) is 21.4 Å². The van der Waals surface area contributed by atoms with Crippen molar-refractivity contribution < 1.29 is 17.6 Å². The standard InChI is InChI=1S/C20H19FN4O3S/c21-15-6-7-18-17(12-15)16-4-1-2-5-19(16)29(27,28)25(18)13-20(26)23-8-3-10-24-11-9-22-14-24/h1-2,4-7,9,11-12,14H,3,8,10,13H2,(H,23,26). The van der Waals surface area contributed by atoms with Gasteiger partial charge in [0.15, 0.2) is 0 Å². The number of nitrogens with zero attached hydrogens (tertiary/aromatic N) is 3. The molecule has 2 heterocycles. The Morgan fingerprint density at radius 3 is 2.76 bits per heavy atom. The second-order valence-corrected chi connectivity index (χ2v) is 8.50. The molecule has 1 aromatic heterocycles. The van der Waals surface area contributed by atoms with Gasteiger partial charge in [0, 0.05) is 36.6 Å². The van der Waals surface area contributed by atoms with E-state index in [0.29, 0.717) is 36.3 Å². The van der Waals surface area contributed by atoms with Gasteiger partial charge >= 0.3 is 0 Å². The van der Waals surface area contributed by atoms with Crippen LogP contribution in [0.25, 0.3) is 11.1 Å². The van der Waals surface area contributed by atoms with Crippen LogP contribution in [0.3, 0.4) is 0 Å². The van der Waals surface area contributed by atoms with Crippen molar-refractivity contribution in [2.24, 2.45) is 0 Å². The first-order valence-corrected chi connectivity index (χ1v) is 10.5. The average molecular weight is 414 g/mol. The highest BCUT2D eigenvalue weighted by molar-refractivity contribution is 7.93. The lowest BCUT2D eigenvalue weighted by Crippen LogP contribution is -2.42. The summed E-state index contributed by atoms with van der Waals surface area (Å²) in [5.41, 5.74) is 1.17. The molecule has 0 fully saturated rings. The third kappa shape index (κ3) is 3.73. The Bertz CT molecular complexity index is 1150. The molecular weight excluding hydrogens is 395 g/mol. The molecule has 0 saturated carbocycles. The number of nitrogens with one attached hydrogen (secondary N) is 1. The van der Waals surface area contributed by atoms with Crippen LogP contribution in [0.5, 0.6) is 0 Å². The molecule has 4 rings (SSSR count). The molecule has 0 unspecified atom stereocenters. The maximum atomic E-state index is 13.8. The Labute approximate surface area is 167 Å². The number of halogens is 1. The number of aromatic nitrogens is 2. The second-order valence-electron chi connectivity index (χ2n) is 6.67. The Balaban J connectivity index is 1.53. The lowest BCUT2D eigenvalue weighted by atomic mass is 10.0.